The number of esters is 1. The number of hydrogen-bond donors (Lipinski definition) is 0. The van der Waals surface area contributed by atoms with Crippen LogP contribution in [0.4, 0.5) is 22.0 Å². The molecule has 1 aliphatic heterocycles. The predicted octanol–water partition coefficient (Wildman–Crippen LogP) is 8.80. The molecule has 0 N–H and O–H groups in total. The van der Waals surface area contributed by atoms with Crippen LogP contribution in [-0.2, 0) is 0 Å². The Hall–Kier alpha value is -3.50. The number of piperazine rings is 1. The van der Waals surface area contributed by atoms with Crippen LogP contribution in [0.1, 0.15) is 75.1 Å². The molecule has 3 aromatic carbocycles. The summed E-state index contributed by atoms with van der Waals surface area (Å²) in [5.74, 6) is -13.3. The van der Waals surface area contributed by atoms with Gasteiger partial charge < -0.3 is 14.4 Å². The summed E-state index contributed by atoms with van der Waals surface area (Å²) in [5.41, 5.74) is 1.44. The standard InChI is InChI=1S/C36H43F5N2O3/c1-2-3-4-5-6-7-8-9-10-19-42-20-22-43(23-21-42)24-25-45-29-17-15-27(16-18-29)26-11-13-28(14-12-26)36(44)46-35-33(40)31(38)30(37)32(39)34(35)41/h11-18H,2-10,19-25H2,1H3. The van der Waals surface area contributed by atoms with Gasteiger partial charge in [0.1, 0.15) is 12.4 Å². The lowest BCUT2D eigenvalue weighted by molar-refractivity contribution is 0.0716. The second kappa shape index (κ2) is 18.0. The van der Waals surface area contributed by atoms with E-state index in [2.05, 4.69) is 21.5 Å². The third-order valence-electron chi connectivity index (χ3n) is 8.39. The first-order chi connectivity index (χ1) is 22.3. The number of unbranched alkanes of at least 4 members (excludes halogenated alkanes) is 8. The summed E-state index contributed by atoms with van der Waals surface area (Å²) in [6.45, 7) is 9.17. The number of hydrogen-bond acceptors (Lipinski definition) is 5. The monoisotopic (exact) mass is 646 g/mol. The summed E-state index contributed by atoms with van der Waals surface area (Å²) >= 11 is 0. The second-order valence-electron chi connectivity index (χ2n) is 11.8. The average Bonchev–Trinajstić information content (AvgIpc) is 3.08. The molecule has 0 radical (unpaired) electrons. The zero-order chi connectivity index (χ0) is 32.9. The van der Waals surface area contributed by atoms with Crippen molar-refractivity contribution in [2.45, 2.75) is 64.7 Å². The molecule has 46 heavy (non-hydrogen) atoms. The molecule has 1 saturated heterocycles. The minimum Gasteiger partial charge on any atom is -0.492 e. The van der Waals surface area contributed by atoms with Gasteiger partial charge in [0, 0.05) is 32.7 Å². The molecule has 0 aromatic heterocycles. The zero-order valence-electron chi connectivity index (χ0n) is 26.4. The first-order valence-corrected chi connectivity index (χ1v) is 16.3. The van der Waals surface area contributed by atoms with Crippen molar-refractivity contribution in [2.75, 3.05) is 45.9 Å². The Morgan fingerprint density at radius 3 is 1.61 bits per heavy atom. The Bertz CT molecular complexity index is 1370. The topological polar surface area (TPSA) is 42.0 Å². The summed E-state index contributed by atoms with van der Waals surface area (Å²) in [4.78, 5) is 17.3. The molecule has 0 bridgehead atoms. The highest BCUT2D eigenvalue weighted by atomic mass is 19.2. The lowest BCUT2D eigenvalue weighted by atomic mass is 10.0. The van der Waals surface area contributed by atoms with Gasteiger partial charge in [0.15, 0.2) is 0 Å². The van der Waals surface area contributed by atoms with E-state index in [1.165, 1.54) is 76.5 Å². The fourth-order valence-corrected chi connectivity index (χ4v) is 5.54. The van der Waals surface area contributed by atoms with Crippen molar-refractivity contribution < 1.29 is 36.2 Å². The number of carbonyl (C=O) groups excluding carboxylic acids is 1. The number of nitrogens with zero attached hydrogens (tertiary/aromatic N) is 2. The third-order valence-corrected chi connectivity index (χ3v) is 8.39. The van der Waals surface area contributed by atoms with Crippen molar-refractivity contribution >= 4 is 5.97 Å². The third kappa shape index (κ3) is 10.00. The van der Waals surface area contributed by atoms with Gasteiger partial charge in [0.2, 0.25) is 34.8 Å². The smallest absolute Gasteiger partial charge is 0.343 e. The molecule has 0 aliphatic carbocycles. The fraction of sp³-hybridized carbons (Fsp3) is 0.472. The Morgan fingerprint density at radius 2 is 1.07 bits per heavy atom. The highest BCUT2D eigenvalue weighted by molar-refractivity contribution is 5.91. The quantitative estimate of drug-likeness (QED) is 0.0366. The van der Waals surface area contributed by atoms with Gasteiger partial charge in [0.05, 0.1) is 5.56 Å². The SMILES string of the molecule is CCCCCCCCCCCN1CCN(CCOc2ccc(-c3ccc(C(=O)Oc4c(F)c(F)c(F)c(F)c4F)cc3)cc2)CC1. The summed E-state index contributed by atoms with van der Waals surface area (Å²) in [6, 6.07) is 13.3. The average molecular weight is 647 g/mol. The summed E-state index contributed by atoms with van der Waals surface area (Å²) in [5, 5.41) is 0. The van der Waals surface area contributed by atoms with Crippen molar-refractivity contribution in [3.8, 4) is 22.6 Å². The van der Waals surface area contributed by atoms with Crippen LogP contribution in [0, 0.1) is 29.1 Å². The van der Waals surface area contributed by atoms with Crippen molar-refractivity contribution in [3.05, 3.63) is 83.2 Å². The molecule has 5 nitrogen and oxygen atoms in total. The number of halogens is 5. The fourth-order valence-electron chi connectivity index (χ4n) is 5.54. The van der Waals surface area contributed by atoms with E-state index in [1.54, 1.807) is 12.1 Å². The number of rotatable bonds is 17. The molecule has 0 unspecified atom stereocenters. The van der Waals surface area contributed by atoms with E-state index < -0.39 is 40.8 Å². The van der Waals surface area contributed by atoms with Crippen LogP contribution >= 0.6 is 0 Å². The highest BCUT2D eigenvalue weighted by Crippen LogP contribution is 2.30. The van der Waals surface area contributed by atoms with Crippen molar-refractivity contribution in [3.63, 3.8) is 0 Å². The van der Waals surface area contributed by atoms with Crippen molar-refractivity contribution in [1.29, 1.82) is 0 Å². The minimum atomic E-state index is -2.33. The maximum atomic E-state index is 13.9. The molecule has 250 valence electrons. The van der Waals surface area contributed by atoms with Crippen LogP contribution < -0.4 is 9.47 Å². The molecule has 3 aromatic rings. The normalized spacial score (nSPS) is 14.0. The number of ether oxygens (including phenoxy) is 2. The van der Waals surface area contributed by atoms with Crippen LogP contribution in [0.3, 0.4) is 0 Å². The Kier molecular flexibility index (Phi) is 13.8. The molecular weight excluding hydrogens is 603 g/mol. The Morgan fingerprint density at radius 1 is 0.609 bits per heavy atom. The van der Waals surface area contributed by atoms with Crippen LogP contribution in [-0.4, -0.2) is 61.6 Å². The van der Waals surface area contributed by atoms with Gasteiger partial charge in [-0.3, -0.25) is 4.90 Å². The van der Waals surface area contributed by atoms with Crippen LogP contribution in [0.2, 0.25) is 0 Å². The molecular formula is C36H43F5N2O3. The van der Waals surface area contributed by atoms with Crippen LogP contribution in [0.15, 0.2) is 48.5 Å². The summed E-state index contributed by atoms with van der Waals surface area (Å²) < 4.78 is 78.3. The van der Waals surface area contributed by atoms with E-state index in [-0.39, 0.29) is 5.56 Å². The predicted molar refractivity (Wildman–Crippen MR) is 169 cm³/mol. The van der Waals surface area contributed by atoms with Crippen molar-refractivity contribution in [1.82, 2.24) is 9.80 Å². The molecule has 1 aliphatic rings. The molecule has 4 rings (SSSR count). The molecule has 10 heteroatoms. The second-order valence-corrected chi connectivity index (χ2v) is 11.8. The maximum Gasteiger partial charge on any atom is 0.343 e. The van der Waals surface area contributed by atoms with Gasteiger partial charge in [-0.2, -0.15) is 8.78 Å². The van der Waals surface area contributed by atoms with E-state index in [0.29, 0.717) is 6.61 Å². The largest absolute Gasteiger partial charge is 0.492 e. The minimum absolute atomic E-state index is 0.128. The van der Waals surface area contributed by atoms with E-state index in [4.69, 9.17) is 4.74 Å². The Balaban J connectivity index is 1.14. The zero-order valence-corrected chi connectivity index (χ0v) is 26.4. The number of carbonyl (C=O) groups is 1. The van der Waals surface area contributed by atoms with Gasteiger partial charge in [-0.1, -0.05) is 82.6 Å². The molecule has 0 spiro atoms. The van der Waals surface area contributed by atoms with Gasteiger partial charge in [0.25, 0.3) is 0 Å². The highest BCUT2D eigenvalue weighted by Gasteiger charge is 2.29. The molecule has 1 fully saturated rings. The van der Waals surface area contributed by atoms with Crippen LogP contribution in [0.25, 0.3) is 11.1 Å². The first kappa shape index (κ1) is 35.4. The van der Waals surface area contributed by atoms with Crippen LogP contribution in [0.5, 0.6) is 11.5 Å². The molecule has 0 atom stereocenters. The summed E-state index contributed by atoms with van der Waals surface area (Å²) in [6.07, 6.45) is 12.2. The lowest BCUT2D eigenvalue weighted by Gasteiger charge is -2.34. The van der Waals surface area contributed by atoms with E-state index >= 15 is 0 Å². The lowest BCUT2D eigenvalue weighted by Crippen LogP contribution is -2.47. The maximum absolute atomic E-state index is 13.9. The van der Waals surface area contributed by atoms with E-state index in [0.717, 1.165) is 49.6 Å². The van der Waals surface area contributed by atoms with Gasteiger partial charge >= 0.3 is 5.97 Å². The molecule has 0 saturated carbocycles. The van der Waals surface area contributed by atoms with Gasteiger partial charge in [-0.15, -0.1) is 0 Å². The first-order valence-electron chi connectivity index (χ1n) is 16.3. The van der Waals surface area contributed by atoms with Gasteiger partial charge in [-0.25, -0.2) is 18.0 Å². The number of benzene rings is 3. The Labute approximate surface area is 268 Å². The van der Waals surface area contributed by atoms with Crippen molar-refractivity contribution in [2.24, 2.45) is 0 Å². The van der Waals surface area contributed by atoms with E-state index in [9.17, 15) is 26.7 Å². The summed E-state index contributed by atoms with van der Waals surface area (Å²) in [7, 11) is 0. The van der Waals surface area contributed by atoms with E-state index in [1.807, 2.05) is 24.3 Å². The molecule has 1 heterocycles. The molecule has 0 amide bonds. The van der Waals surface area contributed by atoms with Gasteiger partial charge in [-0.05, 0) is 48.4 Å².